The van der Waals surface area contributed by atoms with Gasteiger partial charge in [0.15, 0.2) is 5.16 Å². The molecule has 0 radical (unpaired) electrons. The van der Waals surface area contributed by atoms with Crippen molar-refractivity contribution in [3.8, 4) is 0 Å². The van der Waals surface area contributed by atoms with E-state index in [1.54, 1.807) is 17.7 Å². The second-order valence-corrected chi connectivity index (χ2v) is 7.27. The van der Waals surface area contributed by atoms with Gasteiger partial charge in [0.2, 0.25) is 5.91 Å². The second kappa shape index (κ2) is 7.24. The van der Waals surface area contributed by atoms with Crippen molar-refractivity contribution < 1.29 is 4.79 Å². The Morgan fingerprint density at radius 1 is 1.60 bits per heavy atom. The van der Waals surface area contributed by atoms with Crippen molar-refractivity contribution >= 4 is 44.9 Å². The predicted octanol–water partition coefficient (Wildman–Crippen LogP) is 3.09. The molecule has 5 nitrogen and oxygen atoms in total. The van der Waals surface area contributed by atoms with Gasteiger partial charge >= 0.3 is 0 Å². The van der Waals surface area contributed by atoms with Gasteiger partial charge in [0, 0.05) is 20.8 Å². The third kappa shape index (κ3) is 4.32. The van der Waals surface area contributed by atoms with E-state index in [9.17, 15) is 4.79 Å². The number of rotatable bonds is 6. The summed E-state index contributed by atoms with van der Waals surface area (Å²) in [6.07, 6.45) is 1.69. The van der Waals surface area contributed by atoms with Gasteiger partial charge in [-0.05, 0) is 35.8 Å². The van der Waals surface area contributed by atoms with Crippen molar-refractivity contribution in [3.05, 3.63) is 27.1 Å². The third-order valence-electron chi connectivity index (χ3n) is 2.51. The minimum absolute atomic E-state index is 0.00201. The van der Waals surface area contributed by atoms with E-state index >= 15 is 0 Å². The minimum atomic E-state index is -0.00201. The lowest BCUT2D eigenvalue weighted by molar-refractivity contribution is -0.118. The number of amides is 1. The molecule has 0 saturated heterocycles. The van der Waals surface area contributed by atoms with Crippen LogP contribution in [0.2, 0.25) is 0 Å². The Hall–Kier alpha value is -0.860. The fourth-order valence-electron chi connectivity index (χ4n) is 1.50. The van der Waals surface area contributed by atoms with Crippen molar-refractivity contribution in [1.29, 1.82) is 0 Å². The molecule has 0 fully saturated rings. The molecular weight excluding hydrogens is 360 g/mol. The van der Waals surface area contributed by atoms with E-state index in [0.717, 1.165) is 14.5 Å². The Labute approximate surface area is 134 Å². The molecule has 108 valence electrons. The van der Waals surface area contributed by atoms with E-state index < -0.39 is 0 Å². The molecule has 2 heterocycles. The van der Waals surface area contributed by atoms with Gasteiger partial charge in [-0.2, -0.15) is 0 Å². The number of thioether (sulfide) groups is 1. The zero-order chi connectivity index (χ0) is 14.5. The van der Waals surface area contributed by atoms with Crippen LogP contribution in [0.4, 0.5) is 0 Å². The first kappa shape index (κ1) is 15.5. The molecule has 8 heteroatoms. The number of thiophene rings is 1. The average Bonchev–Trinajstić information content (AvgIpc) is 3.02. The quantitative estimate of drug-likeness (QED) is 0.789. The van der Waals surface area contributed by atoms with Crippen LogP contribution in [-0.4, -0.2) is 26.4 Å². The molecule has 2 rings (SSSR count). The number of halogens is 1. The number of carbonyl (C=O) groups is 1. The summed E-state index contributed by atoms with van der Waals surface area (Å²) < 4.78 is 3.00. The molecule has 2 aromatic heterocycles. The van der Waals surface area contributed by atoms with Crippen molar-refractivity contribution in [2.45, 2.75) is 31.6 Å². The lowest BCUT2D eigenvalue weighted by Gasteiger charge is -2.09. The lowest BCUT2D eigenvalue weighted by atomic mass is 10.4. The Balaban J connectivity index is 1.79. The molecule has 1 amide bonds. The first-order chi connectivity index (χ1) is 9.56. The number of nitrogens with one attached hydrogen (secondary N) is 1. The van der Waals surface area contributed by atoms with Crippen LogP contribution in [0.1, 0.15) is 24.8 Å². The highest BCUT2D eigenvalue weighted by atomic mass is 79.9. The Morgan fingerprint density at radius 2 is 2.40 bits per heavy atom. The highest BCUT2D eigenvalue weighted by molar-refractivity contribution is 9.10. The number of hydrogen-bond acceptors (Lipinski definition) is 5. The molecule has 0 aliphatic heterocycles. The van der Waals surface area contributed by atoms with Crippen molar-refractivity contribution in [2.75, 3.05) is 5.75 Å². The molecule has 0 aliphatic rings. The van der Waals surface area contributed by atoms with Crippen LogP contribution in [0.15, 0.2) is 27.4 Å². The molecule has 0 atom stereocenters. The van der Waals surface area contributed by atoms with E-state index in [1.807, 2.05) is 16.0 Å². The summed E-state index contributed by atoms with van der Waals surface area (Å²) in [5.74, 6) is 0.343. The Morgan fingerprint density at radius 3 is 3.05 bits per heavy atom. The summed E-state index contributed by atoms with van der Waals surface area (Å²) in [7, 11) is 0. The smallest absolute Gasteiger partial charge is 0.230 e. The van der Waals surface area contributed by atoms with Crippen molar-refractivity contribution in [3.63, 3.8) is 0 Å². The van der Waals surface area contributed by atoms with Crippen LogP contribution in [-0.2, 0) is 11.3 Å². The Bertz CT molecular complexity index is 582. The second-order valence-electron chi connectivity index (χ2n) is 4.41. The van der Waals surface area contributed by atoms with Crippen LogP contribution in [0.3, 0.4) is 0 Å². The summed E-state index contributed by atoms with van der Waals surface area (Å²) in [6, 6.07) is 2.30. The molecule has 0 unspecified atom stereocenters. The van der Waals surface area contributed by atoms with Gasteiger partial charge in [-0.3, -0.25) is 4.79 Å². The monoisotopic (exact) mass is 374 g/mol. The summed E-state index contributed by atoms with van der Waals surface area (Å²) in [5.41, 5.74) is 0. The normalized spacial score (nSPS) is 11.0. The summed E-state index contributed by atoms with van der Waals surface area (Å²) >= 11 is 6.41. The molecule has 0 saturated carbocycles. The highest BCUT2D eigenvalue weighted by Gasteiger charge is 2.10. The zero-order valence-corrected chi connectivity index (χ0v) is 14.4. The van der Waals surface area contributed by atoms with Gasteiger partial charge in [0.25, 0.3) is 0 Å². The number of carbonyl (C=O) groups excluding carboxylic acids is 1. The van der Waals surface area contributed by atoms with E-state index in [0.29, 0.717) is 18.3 Å². The van der Waals surface area contributed by atoms with Gasteiger partial charge in [-0.15, -0.1) is 21.5 Å². The fourth-order valence-corrected chi connectivity index (χ4v) is 3.77. The SMILES string of the molecule is CC(C)n1cnnc1SCC(=O)NCc1cc(Br)cs1. The van der Waals surface area contributed by atoms with E-state index in [4.69, 9.17) is 0 Å². The summed E-state index contributed by atoms with van der Waals surface area (Å²) in [4.78, 5) is 12.9. The van der Waals surface area contributed by atoms with Crippen molar-refractivity contribution in [2.24, 2.45) is 0 Å². The molecule has 0 aromatic carbocycles. The average molecular weight is 375 g/mol. The summed E-state index contributed by atoms with van der Waals surface area (Å²) in [5, 5.41) is 13.6. The lowest BCUT2D eigenvalue weighted by Crippen LogP contribution is -2.24. The molecule has 0 bridgehead atoms. The summed E-state index contributed by atoms with van der Waals surface area (Å²) in [6.45, 7) is 4.68. The van der Waals surface area contributed by atoms with Gasteiger partial charge in [-0.25, -0.2) is 0 Å². The van der Waals surface area contributed by atoms with E-state index in [1.165, 1.54) is 11.8 Å². The molecule has 0 aliphatic carbocycles. The van der Waals surface area contributed by atoms with Gasteiger partial charge in [0.1, 0.15) is 6.33 Å². The number of nitrogens with zero attached hydrogens (tertiary/aromatic N) is 3. The standard InChI is InChI=1S/C12H15BrN4OS2/c1-8(2)17-7-15-16-12(17)20-6-11(18)14-4-10-3-9(13)5-19-10/h3,5,7-8H,4,6H2,1-2H3,(H,14,18). The topological polar surface area (TPSA) is 59.8 Å². The van der Waals surface area contributed by atoms with Gasteiger partial charge in [-0.1, -0.05) is 11.8 Å². The van der Waals surface area contributed by atoms with E-state index in [-0.39, 0.29) is 5.91 Å². The molecule has 1 N–H and O–H groups in total. The van der Waals surface area contributed by atoms with Gasteiger partial charge < -0.3 is 9.88 Å². The molecular formula is C12H15BrN4OS2. The third-order valence-corrected chi connectivity index (χ3v) is 5.17. The van der Waals surface area contributed by atoms with Crippen LogP contribution in [0, 0.1) is 0 Å². The zero-order valence-electron chi connectivity index (χ0n) is 11.2. The molecule has 0 spiro atoms. The van der Waals surface area contributed by atoms with Crippen LogP contribution in [0.5, 0.6) is 0 Å². The largest absolute Gasteiger partial charge is 0.350 e. The van der Waals surface area contributed by atoms with Crippen molar-refractivity contribution in [1.82, 2.24) is 20.1 Å². The number of hydrogen-bond donors (Lipinski definition) is 1. The first-order valence-electron chi connectivity index (χ1n) is 6.08. The van der Waals surface area contributed by atoms with E-state index in [2.05, 4.69) is 45.3 Å². The maximum Gasteiger partial charge on any atom is 0.230 e. The fraction of sp³-hybridized carbons (Fsp3) is 0.417. The Kier molecular flexibility index (Phi) is 5.62. The molecule has 2 aromatic rings. The van der Waals surface area contributed by atoms with Gasteiger partial charge in [0.05, 0.1) is 12.3 Å². The predicted molar refractivity (Wildman–Crippen MR) is 85.0 cm³/mol. The van der Waals surface area contributed by atoms with Crippen LogP contribution < -0.4 is 5.32 Å². The first-order valence-corrected chi connectivity index (χ1v) is 8.74. The molecule has 20 heavy (non-hydrogen) atoms. The van der Waals surface area contributed by atoms with Crippen LogP contribution in [0.25, 0.3) is 0 Å². The minimum Gasteiger partial charge on any atom is -0.350 e. The maximum absolute atomic E-state index is 11.8. The maximum atomic E-state index is 11.8. The number of aromatic nitrogens is 3. The highest BCUT2D eigenvalue weighted by Crippen LogP contribution is 2.20. The van der Waals surface area contributed by atoms with Crippen LogP contribution >= 0.6 is 39.0 Å².